The Morgan fingerprint density at radius 3 is 2.75 bits per heavy atom. The summed E-state index contributed by atoms with van der Waals surface area (Å²) in [6.07, 6.45) is 0.736. The molecule has 0 N–H and O–H groups in total. The molecule has 0 fully saturated rings. The van der Waals surface area contributed by atoms with Gasteiger partial charge >= 0.3 is 6.00 Å². The predicted octanol–water partition coefficient (Wildman–Crippen LogP) is 4.76. The molecule has 0 saturated heterocycles. The van der Waals surface area contributed by atoms with Crippen LogP contribution in [0.5, 0.6) is 11.5 Å². The van der Waals surface area contributed by atoms with Crippen LogP contribution < -0.4 is 9.47 Å². The van der Waals surface area contributed by atoms with E-state index >= 15 is 0 Å². The van der Waals surface area contributed by atoms with Gasteiger partial charge in [0.2, 0.25) is 5.79 Å². The normalized spacial score (nSPS) is 17.2. The molecule has 1 aliphatic rings. The summed E-state index contributed by atoms with van der Waals surface area (Å²) in [5.74, 6) is 1.04. The Morgan fingerprint density at radius 2 is 2.05 bits per heavy atom. The smallest absolute Gasteiger partial charge is 0.341 e. The fourth-order valence-corrected chi connectivity index (χ4v) is 3.61. The molecule has 1 aromatic rings. The molecule has 0 aromatic heterocycles. The lowest BCUT2D eigenvalue weighted by Crippen LogP contribution is -2.35. The van der Waals surface area contributed by atoms with Crippen LogP contribution >= 0.6 is 33.2 Å². The summed E-state index contributed by atoms with van der Waals surface area (Å²) in [6.45, 7) is 4.83. The van der Waals surface area contributed by atoms with E-state index in [0.29, 0.717) is 19.3 Å². The largest absolute Gasteiger partial charge is 0.494 e. The first-order chi connectivity index (χ1) is 9.25. The average molecular weight is 356 g/mol. The van der Waals surface area contributed by atoms with Crippen molar-refractivity contribution in [3.8, 4) is 11.5 Å². The minimum Gasteiger partial charge on any atom is -0.494 e. The number of rotatable bonds is 5. The van der Waals surface area contributed by atoms with Gasteiger partial charge in [0.15, 0.2) is 0 Å². The Hall–Kier alpha value is -0.133. The third-order valence-corrected chi connectivity index (χ3v) is 5.46. The summed E-state index contributed by atoms with van der Waals surface area (Å²) in [5.41, 5.74) is 0.984. The number of ether oxygens (including phenoxy) is 3. The second kappa shape index (κ2) is 6.32. The quantitative estimate of drug-likeness (QED) is 0.433. The van der Waals surface area contributed by atoms with Gasteiger partial charge in [-0.3, -0.25) is 0 Å². The molecule has 0 amide bonds. The van der Waals surface area contributed by atoms with Crippen LogP contribution in [0.3, 0.4) is 0 Å². The van der Waals surface area contributed by atoms with Crippen LogP contribution in [0.2, 0.25) is 6.04 Å². The van der Waals surface area contributed by atoms with Gasteiger partial charge in [0.25, 0.3) is 0 Å². The third-order valence-electron chi connectivity index (χ3n) is 2.84. The van der Waals surface area contributed by atoms with E-state index in [1.807, 2.05) is 32.0 Å². The van der Waals surface area contributed by atoms with Crippen LogP contribution in [0.4, 0.5) is 0 Å². The predicted molar refractivity (Wildman–Crippen MR) is 84.2 cm³/mol. The molecule has 0 unspecified atom stereocenters. The van der Waals surface area contributed by atoms with Gasteiger partial charge < -0.3 is 14.2 Å². The minimum atomic E-state index is -2.54. The van der Waals surface area contributed by atoms with E-state index in [2.05, 4.69) is 0 Å². The first-order valence-corrected chi connectivity index (χ1v) is 11.6. The molecule has 2 rings (SSSR count). The maximum absolute atomic E-state index is 5.82. The van der Waals surface area contributed by atoms with E-state index in [0.717, 1.165) is 23.5 Å². The second-order valence-corrected chi connectivity index (χ2v) is 14.4. The van der Waals surface area contributed by atoms with Gasteiger partial charge in [-0.25, -0.2) is 0 Å². The number of benzene rings is 1. The Balaban J connectivity index is 1.89. The van der Waals surface area contributed by atoms with Crippen LogP contribution in [-0.2, 0) is 11.3 Å². The summed E-state index contributed by atoms with van der Waals surface area (Å²) < 4.78 is 17.0. The highest BCUT2D eigenvalue weighted by atomic mass is 35.8. The van der Waals surface area contributed by atoms with Crippen LogP contribution in [-0.4, -0.2) is 18.4 Å². The van der Waals surface area contributed by atoms with E-state index < -0.39 is 11.8 Å². The molecule has 0 saturated carbocycles. The monoisotopic (exact) mass is 354 g/mol. The highest BCUT2D eigenvalue weighted by Crippen LogP contribution is 2.33. The van der Waals surface area contributed by atoms with Crippen molar-refractivity contribution in [1.82, 2.24) is 0 Å². The molecule has 112 valence electrons. The fourth-order valence-electron chi connectivity index (χ4n) is 1.87. The highest BCUT2D eigenvalue weighted by molar-refractivity contribution is 7.64. The van der Waals surface area contributed by atoms with E-state index in [9.17, 15) is 0 Å². The molecule has 0 aliphatic carbocycles. The molecule has 0 atom stereocenters. The zero-order valence-electron chi connectivity index (χ0n) is 11.4. The lowest BCUT2D eigenvalue weighted by molar-refractivity contribution is -0.180. The molecular formula is C13H17Cl3O3Si. The Labute approximate surface area is 134 Å². The van der Waals surface area contributed by atoms with Crippen LogP contribution in [0.25, 0.3) is 0 Å². The van der Waals surface area contributed by atoms with Crippen LogP contribution in [0.1, 0.15) is 25.8 Å². The zero-order valence-corrected chi connectivity index (χ0v) is 14.7. The third kappa shape index (κ3) is 5.01. The SMILES string of the molecule is CC1(C)OCc2cc(OCCC[Si](Cl)(Cl)Cl)ccc2O1. The van der Waals surface area contributed by atoms with Crippen molar-refractivity contribution in [2.24, 2.45) is 0 Å². The molecule has 0 spiro atoms. The molecule has 1 aliphatic heterocycles. The lowest BCUT2D eigenvalue weighted by atomic mass is 10.1. The molecule has 3 nitrogen and oxygen atoms in total. The first kappa shape index (κ1) is 16.2. The van der Waals surface area contributed by atoms with Crippen molar-refractivity contribution < 1.29 is 14.2 Å². The number of hydrogen-bond donors (Lipinski definition) is 0. The molecule has 20 heavy (non-hydrogen) atoms. The number of hydrogen-bond acceptors (Lipinski definition) is 3. The minimum absolute atomic E-state index is 0.514. The van der Waals surface area contributed by atoms with Gasteiger partial charge in [-0.2, -0.15) is 0 Å². The van der Waals surface area contributed by atoms with Crippen LogP contribution in [0.15, 0.2) is 18.2 Å². The topological polar surface area (TPSA) is 27.7 Å². The van der Waals surface area contributed by atoms with Crippen molar-refractivity contribution in [1.29, 1.82) is 0 Å². The molecule has 1 aromatic carbocycles. The Morgan fingerprint density at radius 1 is 1.30 bits per heavy atom. The molecule has 0 radical (unpaired) electrons. The van der Waals surface area contributed by atoms with E-state index in [-0.39, 0.29) is 0 Å². The van der Waals surface area contributed by atoms with Gasteiger partial charge in [-0.1, -0.05) is 0 Å². The summed E-state index contributed by atoms with van der Waals surface area (Å²) in [5, 5.41) is 0. The summed E-state index contributed by atoms with van der Waals surface area (Å²) in [6, 6.07) is 3.77. The number of halogens is 3. The standard InChI is InChI=1S/C13H17Cl3O3Si/c1-13(2)18-9-10-8-11(4-5-12(10)19-13)17-6-3-7-20(14,15)16/h4-5,8H,3,6-7,9H2,1-2H3. The molecule has 1 heterocycles. The maximum Gasteiger partial charge on any atom is 0.341 e. The lowest BCUT2D eigenvalue weighted by Gasteiger charge is -2.32. The molecular weight excluding hydrogens is 339 g/mol. The maximum atomic E-state index is 5.82. The van der Waals surface area contributed by atoms with Crippen molar-refractivity contribution >= 4 is 39.2 Å². The van der Waals surface area contributed by atoms with Gasteiger partial charge in [-0.15, -0.1) is 33.2 Å². The van der Waals surface area contributed by atoms with Gasteiger partial charge in [-0.05, 0) is 30.7 Å². The van der Waals surface area contributed by atoms with E-state index in [1.165, 1.54) is 0 Å². The second-order valence-electron chi connectivity index (χ2n) is 5.13. The zero-order chi connectivity index (χ0) is 14.8. The van der Waals surface area contributed by atoms with Crippen molar-refractivity contribution in [2.45, 2.75) is 38.7 Å². The molecule has 7 heteroatoms. The van der Waals surface area contributed by atoms with E-state index in [1.54, 1.807) is 0 Å². The fraction of sp³-hybridized carbons (Fsp3) is 0.538. The van der Waals surface area contributed by atoms with Crippen molar-refractivity contribution in [2.75, 3.05) is 6.61 Å². The Kier molecular flexibility index (Phi) is 5.13. The van der Waals surface area contributed by atoms with Gasteiger partial charge in [0.05, 0.1) is 13.2 Å². The summed E-state index contributed by atoms with van der Waals surface area (Å²) in [7, 11) is 0. The highest BCUT2D eigenvalue weighted by Gasteiger charge is 2.27. The van der Waals surface area contributed by atoms with E-state index in [4.69, 9.17) is 47.4 Å². The van der Waals surface area contributed by atoms with Gasteiger partial charge in [0.1, 0.15) is 11.5 Å². The Bertz CT molecular complexity index is 474. The van der Waals surface area contributed by atoms with Crippen molar-refractivity contribution in [3.05, 3.63) is 23.8 Å². The first-order valence-electron chi connectivity index (χ1n) is 6.41. The summed E-state index contributed by atoms with van der Waals surface area (Å²) >= 11 is 17.5. The average Bonchev–Trinajstić information content (AvgIpc) is 2.33. The summed E-state index contributed by atoms with van der Waals surface area (Å²) in [4.78, 5) is 0. The number of fused-ring (bicyclic) bond motifs is 1. The van der Waals surface area contributed by atoms with Gasteiger partial charge in [0, 0.05) is 19.4 Å². The van der Waals surface area contributed by atoms with Crippen molar-refractivity contribution in [3.63, 3.8) is 0 Å². The molecule has 0 bridgehead atoms. The van der Waals surface area contributed by atoms with Crippen LogP contribution in [0, 0.1) is 0 Å².